The molecule has 0 aliphatic carbocycles. The molecule has 0 atom stereocenters. The minimum atomic E-state index is -3.50. The van der Waals surface area contributed by atoms with E-state index in [4.69, 9.17) is 4.74 Å². The molecule has 6 heteroatoms. The average molecular weight is 285 g/mol. The molecule has 0 unspecified atom stereocenters. The van der Waals surface area contributed by atoms with Gasteiger partial charge in [0.1, 0.15) is 0 Å². The van der Waals surface area contributed by atoms with Crippen molar-refractivity contribution < 1.29 is 18.3 Å². The second-order valence-corrected chi connectivity index (χ2v) is 6.38. The molecule has 0 bridgehead atoms. The van der Waals surface area contributed by atoms with E-state index < -0.39 is 10.0 Å². The van der Waals surface area contributed by atoms with Gasteiger partial charge in [0.15, 0.2) is 0 Å². The molecule has 1 aromatic rings. The molecule has 5 nitrogen and oxygen atoms in total. The van der Waals surface area contributed by atoms with E-state index in [0.717, 1.165) is 5.56 Å². The number of nitrogens with zero attached hydrogens (tertiary/aromatic N) is 1. The average Bonchev–Trinajstić information content (AvgIpc) is 2.47. The number of sulfonamides is 1. The second-order valence-electron chi connectivity index (χ2n) is 4.47. The van der Waals surface area contributed by atoms with E-state index in [9.17, 15) is 13.5 Å². The summed E-state index contributed by atoms with van der Waals surface area (Å²) in [5.41, 5.74) is 1.40. The van der Waals surface area contributed by atoms with Gasteiger partial charge in [-0.05, 0) is 23.6 Å². The van der Waals surface area contributed by atoms with Crippen LogP contribution < -0.4 is 0 Å². The number of hydrogen-bond donors (Lipinski definition) is 1. The minimum Gasteiger partial charge on any atom is -0.392 e. The number of morpholine rings is 1. The molecule has 0 radical (unpaired) electrons. The van der Waals surface area contributed by atoms with Crippen molar-refractivity contribution in [3.8, 4) is 0 Å². The molecule has 1 saturated heterocycles. The van der Waals surface area contributed by atoms with Crippen molar-refractivity contribution in [3.05, 3.63) is 29.3 Å². The first-order valence-corrected chi connectivity index (χ1v) is 7.84. The van der Waals surface area contributed by atoms with E-state index in [0.29, 0.717) is 43.2 Å². The fourth-order valence-electron chi connectivity index (χ4n) is 2.16. The summed E-state index contributed by atoms with van der Waals surface area (Å²) in [5, 5.41) is 9.17. The maximum Gasteiger partial charge on any atom is 0.243 e. The molecule has 0 aromatic heterocycles. The Balaban J connectivity index is 2.43. The predicted molar refractivity (Wildman–Crippen MR) is 71.3 cm³/mol. The minimum absolute atomic E-state index is 0.157. The van der Waals surface area contributed by atoms with Crippen molar-refractivity contribution in [3.63, 3.8) is 0 Å². The van der Waals surface area contributed by atoms with Crippen molar-refractivity contribution in [1.82, 2.24) is 4.31 Å². The Kier molecular flexibility index (Phi) is 4.57. The third-order valence-electron chi connectivity index (χ3n) is 3.28. The summed E-state index contributed by atoms with van der Waals surface area (Å²) < 4.78 is 31.9. The highest BCUT2D eigenvalue weighted by atomic mass is 32.2. The number of aliphatic hydroxyl groups excluding tert-OH is 1. The Morgan fingerprint density at radius 2 is 2.00 bits per heavy atom. The largest absolute Gasteiger partial charge is 0.392 e. The number of benzene rings is 1. The van der Waals surface area contributed by atoms with Crippen LogP contribution in [0.5, 0.6) is 0 Å². The lowest BCUT2D eigenvalue weighted by Crippen LogP contribution is -2.40. The van der Waals surface area contributed by atoms with Crippen molar-refractivity contribution in [2.75, 3.05) is 26.3 Å². The third-order valence-corrected chi connectivity index (χ3v) is 5.26. The van der Waals surface area contributed by atoms with Gasteiger partial charge in [0.05, 0.1) is 24.7 Å². The summed E-state index contributed by atoms with van der Waals surface area (Å²) in [5.74, 6) is 0. The number of hydrogen-bond acceptors (Lipinski definition) is 4. The van der Waals surface area contributed by atoms with Crippen LogP contribution >= 0.6 is 0 Å². The highest BCUT2D eigenvalue weighted by Gasteiger charge is 2.28. The van der Waals surface area contributed by atoms with Crippen molar-refractivity contribution in [2.24, 2.45) is 0 Å². The quantitative estimate of drug-likeness (QED) is 0.887. The van der Waals surface area contributed by atoms with Crippen molar-refractivity contribution in [1.29, 1.82) is 0 Å². The molecular weight excluding hydrogens is 266 g/mol. The van der Waals surface area contributed by atoms with E-state index in [1.54, 1.807) is 18.2 Å². The van der Waals surface area contributed by atoms with Gasteiger partial charge in [-0.1, -0.05) is 19.1 Å². The normalized spacial score (nSPS) is 17.6. The second kappa shape index (κ2) is 6.00. The van der Waals surface area contributed by atoms with Crippen LogP contribution in [-0.2, 0) is 27.8 Å². The molecule has 0 spiro atoms. The van der Waals surface area contributed by atoms with Crippen LogP contribution in [0.4, 0.5) is 0 Å². The smallest absolute Gasteiger partial charge is 0.243 e. The van der Waals surface area contributed by atoms with E-state index >= 15 is 0 Å². The zero-order chi connectivity index (χ0) is 13.9. The lowest BCUT2D eigenvalue weighted by molar-refractivity contribution is 0.0730. The fraction of sp³-hybridized carbons (Fsp3) is 0.538. The number of ether oxygens (including phenoxy) is 1. The van der Waals surface area contributed by atoms with Crippen LogP contribution in [0.15, 0.2) is 23.1 Å². The van der Waals surface area contributed by atoms with Gasteiger partial charge in [-0.3, -0.25) is 0 Å². The molecule has 2 rings (SSSR count). The summed E-state index contributed by atoms with van der Waals surface area (Å²) in [6, 6.07) is 5.11. The van der Waals surface area contributed by atoms with Gasteiger partial charge in [0, 0.05) is 13.1 Å². The molecule has 106 valence electrons. The molecule has 0 amide bonds. The first kappa shape index (κ1) is 14.5. The molecule has 1 aromatic carbocycles. The van der Waals surface area contributed by atoms with E-state index in [-0.39, 0.29) is 6.61 Å². The van der Waals surface area contributed by atoms with Crippen molar-refractivity contribution >= 4 is 10.0 Å². The molecule has 1 N–H and O–H groups in total. The molecule has 19 heavy (non-hydrogen) atoms. The van der Waals surface area contributed by atoms with E-state index in [1.807, 2.05) is 6.92 Å². The van der Waals surface area contributed by atoms with Crippen LogP contribution in [-0.4, -0.2) is 44.1 Å². The van der Waals surface area contributed by atoms with Gasteiger partial charge in [-0.15, -0.1) is 0 Å². The van der Waals surface area contributed by atoms with Gasteiger partial charge in [0.25, 0.3) is 0 Å². The van der Waals surface area contributed by atoms with Gasteiger partial charge in [-0.2, -0.15) is 4.31 Å². The summed E-state index contributed by atoms with van der Waals surface area (Å²) in [4.78, 5) is 0.309. The standard InChI is InChI=1S/C13H19NO4S/c1-2-12-4-3-11(10-15)9-13(12)19(16,17)14-5-7-18-8-6-14/h3-4,9,15H,2,5-8,10H2,1H3. The Morgan fingerprint density at radius 1 is 1.32 bits per heavy atom. The van der Waals surface area contributed by atoms with Gasteiger partial charge in [-0.25, -0.2) is 8.42 Å². The Morgan fingerprint density at radius 3 is 2.58 bits per heavy atom. The van der Waals surface area contributed by atoms with Crippen molar-refractivity contribution in [2.45, 2.75) is 24.8 Å². The number of aryl methyl sites for hydroxylation is 1. The Bertz CT molecular complexity index is 536. The maximum absolute atomic E-state index is 12.6. The van der Waals surface area contributed by atoms with Crippen LogP contribution in [0.25, 0.3) is 0 Å². The van der Waals surface area contributed by atoms with E-state index in [1.165, 1.54) is 4.31 Å². The maximum atomic E-state index is 12.6. The SMILES string of the molecule is CCc1ccc(CO)cc1S(=O)(=O)N1CCOCC1. The van der Waals surface area contributed by atoms with E-state index in [2.05, 4.69) is 0 Å². The van der Waals surface area contributed by atoms with Gasteiger partial charge in [0.2, 0.25) is 10.0 Å². The lowest BCUT2D eigenvalue weighted by Gasteiger charge is -2.27. The summed E-state index contributed by atoms with van der Waals surface area (Å²) in [6.45, 7) is 3.40. The van der Waals surface area contributed by atoms with Gasteiger partial charge >= 0.3 is 0 Å². The van der Waals surface area contributed by atoms with Crippen LogP contribution in [0.3, 0.4) is 0 Å². The lowest BCUT2D eigenvalue weighted by atomic mass is 10.1. The summed E-state index contributed by atoms with van der Waals surface area (Å²) in [6.07, 6.45) is 0.643. The monoisotopic (exact) mass is 285 g/mol. The van der Waals surface area contributed by atoms with Crippen LogP contribution in [0.1, 0.15) is 18.1 Å². The molecular formula is C13H19NO4S. The van der Waals surface area contributed by atoms with Gasteiger partial charge < -0.3 is 9.84 Å². The zero-order valence-electron chi connectivity index (χ0n) is 11.0. The van der Waals surface area contributed by atoms with Crippen LogP contribution in [0.2, 0.25) is 0 Å². The Labute approximate surface area is 113 Å². The highest BCUT2D eigenvalue weighted by Crippen LogP contribution is 2.23. The zero-order valence-corrected chi connectivity index (χ0v) is 11.8. The topological polar surface area (TPSA) is 66.8 Å². The third kappa shape index (κ3) is 2.97. The molecule has 1 aliphatic heterocycles. The number of aliphatic hydroxyl groups is 1. The number of rotatable bonds is 4. The van der Waals surface area contributed by atoms with Crippen LogP contribution in [0, 0.1) is 0 Å². The first-order valence-electron chi connectivity index (χ1n) is 6.40. The molecule has 1 aliphatic rings. The molecule has 1 heterocycles. The first-order chi connectivity index (χ1) is 9.09. The highest BCUT2D eigenvalue weighted by molar-refractivity contribution is 7.89. The summed E-state index contributed by atoms with van der Waals surface area (Å²) in [7, 11) is -3.50. The Hall–Kier alpha value is -0.950. The summed E-state index contributed by atoms with van der Waals surface area (Å²) >= 11 is 0. The fourth-order valence-corrected chi connectivity index (χ4v) is 3.91. The molecule has 0 saturated carbocycles. The molecule has 1 fully saturated rings. The predicted octanol–water partition coefficient (Wildman–Crippen LogP) is 0.762.